The number of hydrogen-bond donors (Lipinski definition) is 2. The Bertz CT molecular complexity index is 577. The number of nitrogens with two attached hydrogens (primary N) is 1. The molecule has 0 bridgehead atoms. The summed E-state index contributed by atoms with van der Waals surface area (Å²) >= 11 is 0. The summed E-state index contributed by atoms with van der Waals surface area (Å²) in [5, 5.41) is 2.59. The second kappa shape index (κ2) is 4.79. The van der Waals surface area contributed by atoms with Gasteiger partial charge in [-0.05, 0) is 32.0 Å². The minimum atomic E-state index is -0.382. The van der Waals surface area contributed by atoms with Gasteiger partial charge in [-0.3, -0.25) is 15.1 Å². The predicted molar refractivity (Wildman–Crippen MR) is 68.1 cm³/mol. The number of carbonyl (C=O) groups excluding carboxylic acids is 1. The minimum Gasteiger partial charge on any atom is -0.399 e. The first kappa shape index (κ1) is 12.0. The molecule has 0 fully saturated rings. The minimum absolute atomic E-state index is 0.234. The van der Waals surface area contributed by atoms with E-state index in [0.29, 0.717) is 5.69 Å². The lowest BCUT2D eigenvalue weighted by Crippen LogP contribution is -2.16. The number of amides is 1. The van der Waals surface area contributed by atoms with Crippen LogP contribution in [0.2, 0.25) is 0 Å². The van der Waals surface area contributed by atoms with Gasteiger partial charge in [0.2, 0.25) is 5.95 Å². The van der Waals surface area contributed by atoms with Crippen LogP contribution in [0.1, 0.15) is 21.9 Å². The summed E-state index contributed by atoms with van der Waals surface area (Å²) in [6.07, 6.45) is 1.48. The smallest absolute Gasteiger partial charge is 0.276 e. The van der Waals surface area contributed by atoms with Gasteiger partial charge in [0, 0.05) is 23.3 Å². The van der Waals surface area contributed by atoms with Crippen molar-refractivity contribution in [2.45, 2.75) is 13.8 Å². The number of pyridine rings is 1. The summed E-state index contributed by atoms with van der Waals surface area (Å²) in [5.74, 6) is -0.117. The first-order valence-electron chi connectivity index (χ1n) is 5.40. The molecule has 0 aliphatic rings. The van der Waals surface area contributed by atoms with E-state index in [9.17, 15) is 4.79 Å². The maximum absolute atomic E-state index is 11.9. The van der Waals surface area contributed by atoms with Crippen molar-refractivity contribution in [1.82, 2.24) is 15.0 Å². The van der Waals surface area contributed by atoms with Crippen LogP contribution in [-0.4, -0.2) is 20.9 Å². The van der Waals surface area contributed by atoms with Crippen LogP contribution in [0.4, 0.5) is 11.6 Å². The van der Waals surface area contributed by atoms with Crippen molar-refractivity contribution in [3.8, 4) is 0 Å². The molecule has 0 radical (unpaired) electrons. The quantitative estimate of drug-likeness (QED) is 0.829. The van der Waals surface area contributed by atoms with Crippen LogP contribution in [0.15, 0.2) is 24.4 Å². The number of aromatic nitrogens is 3. The Balaban J connectivity index is 2.21. The van der Waals surface area contributed by atoms with E-state index in [1.165, 1.54) is 12.3 Å². The first-order chi connectivity index (χ1) is 8.54. The van der Waals surface area contributed by atoms with E-state index < -0.39 is 0 Å². The number of anilines is 2. The molecule has 0 atom stereocenters. The highest BCUT2D eigenvalue weighted by Gasteiger charge is 2.09. The average molecular weight is 243 g/mol. The summed E-state index contributed by atoms with van der Waals surface area (Å²) in [6.45, 7) is 3.67. The summed E-state index contributed by atoms with van der Waals surface area (Å²) in [7, 11) is 0. The monoisotopic (exact) mass is 243 g/mol. The van der Waals surface area contributed by atoms with E-state index in [1.807, 2.05) is 19.9 Å². The zero-order valence-electron chi connectivity index (χ0n) is 10.1. The second-order valence-corrected chi connectivity index (χ2v) is 3.90. The SMILES string of the molecule is Cc1cc(C)nc(NC(=O)c2cc(N)ccn2)n1. The van der Waals surface area contributed by atoms with Gasteiger partial charge in [0.1, 0.15) is 5.69 Å². The molecular weight excluding hydrogens is 230 g/mol. The number of nitrogens with one attached hydrogen (secondary N) is 1. The summed E-state index contributed by atoms with van der Waals surface area (Å²) < 4.78 is 0. The van der Waals surface area contributed by atoms with Gasteiger partial charge < -0.3 is 5.73 Å². The maximum Gasteiger partial charge on any atom is 0.276 e. The second-order valence-electron chi connectivity index (χ2n) is 3.90. The van der Waals surface area contributed by atoms with Gasteiger partial charge in [0.05, 0.1) is 0 Å². The number of aryl methyl sites for hydroxylation is 2. The molecule has 2 aromatic heterocycles. The molecule has 0 saturated heterocycles. The van der Waals surface area contributed by atoms with Gasteiger partial charge >= 0.3 is 0 Å². The van der Waals surface area contributed by atoms with Crippen LogP contribution in [0.5, 0.6) is 0 Å². The van der Waals surface area contributed by atoms with Crippen molar-refractivity contribution < 1.29 is 4.79 Å². The summed E-state index contributed by atoms with van der Waals surface area (Å²) in [5.41, 5.74) is 7.88. The molecule has 2 aromatic rings. The number of carbonyl (C=O) groups is 1. The lowest BCUT2D eigenvalue weighted by Gasteiger charge is -2.05. The summed E-state index contributed by atoms with van der Waals surface area (Å²) in [6, 6.07) is 4.94. The van der Waals surface area contributed by atoms with E-state index in [-0.39, 0.29) is 17.5 Å². The van der Waals surface area contributed by atoms with Gasteiger partial charge in [-0.25, -0.2) is 9.97 Å². The highest BCUT2D eigenvalue weighted by Crippen LogP contribution is 2.07. The fourth-order valence-electron chi connectivity index (χ4n) is 1.52. The normalized spacial score (nSPS) is 10.1. The molecule has 0 unspecified atom stereocenters. The molecule has 0 spiro atoms. The van der Waals surface area contributed by atoms with Gasteiger partial charge in [0.25, 0.3) is 5.91 Å². The molecule has 0 aromatic carbocycles. The highest BCUT2D eigenvalue weighted by atomic mass is 16.2. The number of rotatable bonds is 2. The van der Waals surface area contributed by atoms with Gasteiger partial charge in [-0.2, -0.15) is 0 Å². The maximum atomic E-state index is 11.9. The third-order valence-corrected chi connectivity index (χ3v) is 2.22. The Labute approximate surface area is 104 Å². The molecule has 3 N–H and O–H groups in total. The molecule has 18 heavy (non-hydrogen) atoms. The zero-order valence-corrected chi connectivity index (χ0v) is 10.1. The van der Waals surface area contributed by atoms with Crippen LogP contribution < -0.4 is 11.1 Å². The van der Waals surface area contributed by atoms with E-state index in [4.69, 9.17) is 5.73 Å². The third kappa shape index (κ3) is 2.79. The Morgan fingerprint density at radius 1 is 1.22 bits per heavy atom. The molecule has 1 amide bonds. The van der Waals surface area contributed by atoms with Crippen molar-refractivity contribution >= 4 is 17.5 Å². The molecule has 6 heteroatoms. The number of nitrogen functional groups attached to an aromatic ring is 1. The van der Waals surface area contributed by atoms with Gasteiger partial charge in [0.15, 0.2) is 0 Å². The van der Waals surface area contributed by atoms with Crippen LogP contribution in [0.25, 0.3) is 0 Å². The predicted octanol–water partition coefficient (Wildman–Crippen LogP) is 1.32. The molecule has 2 heterocycles. The zero-order chi connectivity index (χ0) is 13.1. The van der Waals surface area contributed by atoms with E-state index in [1.54, 1.807) is 6.07 Å². The molecular formula is C12H13N5O. The Morgan fingerprint density at radius 3 is 2.50 bits per heavy atom. The lowest BCUT2D eigenvalue weighted by molar-refractivity contribution is 0.102. The fraction of sp³-hybridized carbons (Fsp3) is 0.167. The largest absolute Gasteiger partial charge is 0.399 e. The molecule has 6 nitrogen and oxygen atoms in total. The van der Waals surface area contributed by atoms with Crippen LogP contribution in [0.3, 0.4) is 0 Å². The average Bonchev–Trinajstić information content (AvgIpc) is 2.27. The lowest BCUT2D eigenvalue weighted by atomic mass is 10.3. The topological polar surface area (TPSA) is 93.8 Å². The first-order valence-corrected chi connectivity index (χ1v) is 5.40. The van der Waals surface area contributed by atoms with E-state index >= 15 is 0 Å². The van der Waals surface area contributed by atoms with Crippen molar-refractivity contribution in [2.75, 3.05) is 11.1 Å². The van der Waals surface area contributed by atoms with E-state index in [2.05, 4.69) is 20.3 Å². The Hall–Kier alpha value is -2.50. The standard InChI is InChI=1S/C12H13N5O/c1-7-5-8(2)16-12(15-7)17-11(18)10-6-9(13)3-4-14-10/h3-6H,1-2H3,(H2,13,14)(H,15,16,17,18). The van der Waals surface area contributed by atoms with Crippen LogP contribution >= 0.6 is 0 Å². The Morgan fingerprint density at radius 2 is 1.89 bits per heavy atom. The van der Waals surface area contributed by atoms with Crippen LogP contribution in [0, 0.1) is 13.8 Å². The summed E-state index contributed by atoms with van der Waals surface area (Å²) in [4.78, 5) is 24.1. The fourth-order valence-corrected chi connectivity index (χ4v) is 1.52. The number of hydrogen-bond acceptors (Lipinski definition) is 5. The van der Waals surface area contributed by atoms with Gasteiger partial charge in [-0.1, -0.05) is 0 Å². The van der Waals surface area contributed by atoms with Gasteiger partial charge in [-0.15, -0.1) is 0 Å². The molecule has 2 rings (SSSR count). The van der Waals surface area contributed by atoms with Crippen molar-refractivity contribution in [3.63, 3.8) is 0 Å². The highest BCUT2D eigenvalue weighted by molar-refractivity contribution is 6.02. The molecule has 0 aliphatic carbocycles. The molecule has 92 valence electrons. The van der Waals surface area contributed by atoms with Crippen molar-refractivity contribution in [3.05, 3.63) is 41.5 Å². The third-order valence-electron chi connectivity index (χ3n) is 2.22. The van der Waals surface area contributed by atoms with Crippen LogP contribution in [-0.2, 0) is 0 Å². The number of nitrogens with zero attached hydrogens (tertiary/aromatic N) is 3. The van der Waals surface area contributed by atoms with E-state index in [0.717, 1.165) is 11.4 Å². The Kier molecular flexibility index (Phi) is 3.18. The van der Waals surface area contributed by atoms with Crippen molar-refractivity contribution in [1.29, 1.82) is 0 Å². The molecule has 0 aliphatic heterocycles. The molecule has 0 saturated carbocycles. The van der Waals surface area contributed by atoms with Crippen molar-refractivity contribution in [2.24, 2.45) is 0 Å².